The highest BCUT2D eigenvalue weighted by Gasteiger charge is 2.32. The summed E-state index contributed by atoms with van der Waals surface area (Å²) in [5.74, 6) is 0. The van der Waals surface area contributed by atoms with Crippen molar-refractivity contribution < 1.29 is 8.42 Å². The van der Waals surface area contributed by atoms with Crippen LogP contribution in [0, 0.1) is 0 Å². The molecule has 0 amide bonds. The van der Waals surface area contributed by atoms with Crippen LogP contribution >= 0.6 is 11.8 Å². The van der Waals surface area contributed by atoms with E-state index in [0.717, 1.165) is 10.5 Å². The van der Waals surface area contributed by atoms with Gasteiger partial charge < -0.3 is 0 Å². The van der Waals surface area contributed by atoms with E-state index in [9.17, 15) is 8.42 Å². The van der Waals surface area contributed by atoms with Crippen molar-refractivity contribution in [2.45, 2.75) is 11.5 Å². The molecular formula is C8H8O2S2. The molecule has 0 aliphatic carbocycles. The molecule has 2 aliphatic rings. The number of hydrogen-bond acceptors (Lipinski definition) is 3. The highest BCUT2D eigenvalue weighted by molar-refractivity contribution is 8.17. The van der Waals surface area contributed by atoms with Crippen LogP contribution in [0.2, 0.25) is 0 Å². The molecule has 0 saturated heterocycles. The van der Waals surface area contributed by atoms with E-state index >= 15 is 0 Å². The molecule has 2 nitrogen and oxygen atoms in total. The zero-order valence-corrected chi connectivity index (χ0v) is 8.15. The standard InChI is InChI=1S/C8H8O2S2/c1-6-5-7-3-2-4-12(9,10)8(7)11-6/h2-5,8H,1H3. The van der Waals surface area contributed by atoms with Gasteiger partial charge in [0.25, 0.3) is 0 Å². The Bertz CT molecular complexity index is 399. The number of sulfone groups is 1. The fraction of sp³-hybridized carbons (Fsp3) is 0.250. The first-order valence-electron chi connectivity index (χ1n) is 3.57. The van der Waals surface area contributed by atoms with Gasteiger partial charge in [0.1, 0.15) is 4.58 Å². The van der Waals surface area contributed by atoms with Crippen LogP contribution in [0.1, 0.15) is 6.92 Å². The van der Waals surface area contributed by atoms with Crippen molar-refractivity contribution in [2.75, 3.05) is 0 Å². The van der Waals surface area contributed by atoms with Crippen LogP contribution in [0.4, 0.5) is 0 Å². The van der Waals surface area contributed by atoms with Gasteiger partial charge >= 0.3 is 0 Å². The van der Waals surface area contributed by atoms with Crippen LogP contribution in [0.3, 0.4) is 0 Å². The third kappa shape index (κ3) is 1.15. The molecule has 4 heteroatoms. The molecule has 64 valence electrons. The monoisotopic (exact) mass is 200 g/mol. The van der Waals surface area contributed by atoms with E-state index in [1.807, 2.05) is 19.1 Å². The lowest BCUT2D eigenvalue weighted by atomic mass is 10.2. The summed E-state index contributed by atoms with van der Waals surface area (Å²) in [6.07, 6.45) is 5.38. The topological polar surface area (TPSA) is 34.1 Å². The predicted octanol–water partition coefficient (Wildman–Crippen LogP) is 1.83. The molecular weight excluding hydrogens is 192 g/mol. The summed E-state index contributed by atoms with van der Waals surface area (Å²) in [5, 5.41) is 1.28. The molecule has 0 bridgehead atoms. The molecule has 0 aromatic carbocycles. The number of allylic oxidation sites excluding steroid dienone is 4. The van der Waals surface area contributed by atoms with Crippen molar-refractivity contribution in [1.82, 2.24) is 0 Å². The van der Waals surface area contributed by atoms with Crippen LogP contribution in [0.15, 0.2) is 34.1 Å². The van der Waals surface area contributed by atoms with E-state index in [4.69, 9.17) is 0 Å². The lowest BCUT2D eigenvalue weighted by Crippen LogP contribution is -2.16. The van der Waals surface area contributed by atoms with E-state index in [1.165, 1.54) is 17.2 Å². The normalized spacial score (nSPS) is 30.9. The van der Waals surface area contributed by atoms with Crippen LogP contribution < -0.4 is 0 Å². The van der Waals surface area contributed by atoms with Crippen LogP contribution in [0.5, 0.6) is 0 Å². The average molecular weight is 200 g/mol. The molecule has 12 heavy (non-hydrogen) atoms. The first-order chi connectivity index (χ1) is 5.59. The second-order valence-electron chi connectivity index (χ2n) is 2.79. The van der Waals surface area contributed by atoms with E-state index in [0.29, 0.717) is 0 Å². The van der Waals surface area contributed by atoms with Gasteiger partial charge in [-0.25, -0.2) is 8.42 Å². The molecule has 2 rings (SSSR count). The Hall–Kier alpha value is -0.480. The zero-order valence-electron chi connectivity index (χ0n) is 6.52. The van der Waals surface area contributed by atoms with Gasteiger partial charge in [0.15, 0.2) is 9.84 Å². The molecule has 2 aliphatic heterocycles. The maximum Gasteiger partial charge on any atom is 0.188 e. The Morgan fingerprint density at radius 3 is 2.92 bits per heavy atom. The summed E-state index contributed by atoms with van der Waals surface area (Å²) in [5.41, 5.74) is 0.903. The summed E-state index contributed by atoms with van der Waals surface area (Å²) in [7, 11) is -3.03. The van der Waals surface area contributed by atoms with E-state index in [-0.39, 0.29) is 4.58 Å². The van der Waals surface area contributed by atoms with Crippen LogP contribution in [-0.4, -0.2) is 13.0 Å². The maximum atomic E-state index is 11.4. The van der Waals surface area contributed by atoms with Crippen molar-refractivity contribution in [3.63, 3.8) is 0 Å². The molecule has 0 fully saturated rings. The van der Waals surface area contributed by atoms with Gasteiger partial charge in [0.05, 0.1) is 0 Å². The third-order valence-corrected chi connectivity index (χ3v) is 5.27. The van der Waals surface area contributed by atoms with Gasteiger partial charge in [-0.05, 0) is 23.5 Å². The molecule has 0 spiro atoms. The number of thioether (sulfide) groups is 1. The first-order valence-corrected chi connectivity index (χ1v) is 6.06. The predicted molar refractivity (Wildman–Crippen MR) is 51.3 cm³/mol. The quantitative estimate of drug-likeness (QED) is 0.598. The van der Waals surface area contributed by atoms with Gasteiger partial charge in [-0.15, -0.1) is 11.8 Å². The molecule has 0 aromatic heterocycles. The lowest BCUT2D eigenvalue weighted by molar-refractivity contribution is 0.604. The number of rotatable bonds is 0. The largest absolute Gasteiger partial charge is 0.223 e. The molecule has 0 radical (unpaired) electrons. The Balaban J connectivity index is 2.51. The Labute approximate surface area is 76.0 Å². The summed E-state index contributed by atoms with van der Waals surface area (Å²) >= 11 is 1.41. The summed E-state index contributed by atoms with van der Waals surface area (Å²) < 4.78 is 22.5. The summed E-state index contributed by atoms with van der Waals surface area (Å²) in [6.45, 7) is 1.93. The van der Waals surface area contributed by atoms with Crippen molar-refractivity contribution in [3.05, 3.63) is 34.1 Å². The number of hydrogen-bond donors (Lipinski definition) is 0. The van der Waals surface area contributed by atoms with Crippen LogP contribution in [0.25, 0.3) is 0 Å². The molecule has 0 saturated carbocycles. The summed E-state index contributed by atoms with van der Waals surface area (Å²) in [4.78, 5) is 1.07. The van der Waals surface area contributed by atoms with Crippen LogP contribution in [-0.2, 0) is 9.84 Å². The molecule has 2 heterocycles. The van der Waals surface area contributed by atoms with E-state index < -0.39 is 9.84 Å². The highest BCUT2D eigenvalue weighted by atomic mass is 32.3. The van der Waals surface area contributed by atoms with Gasteiger partial charge in [-0.2, -0.15) is 0 Å². The minimum Gasteiger partial charge on any atom is -0.223 e. The van der Waals surface area contributed by atoms with E-state index in [2.05, 4.69) is 0 Å². The van der Waals surface area contributed by atoms with Gasteiger partial charge in [0, 0.05) is 5.41 Å². The molecule has 0 aromatic rings. The lowest BCUT2D eigenvalue weighted by Gasteiger charge is -2.12. The Morgan fingerprint density at radius 1 is 1.50 bits per heavy atom. The first kappa shape index (κ1) is 8.13. The third-order valence-electron chi connectivity index (χ3n) is 1.79. The molecule has 1 unspecified atom stereocenters. The smallest absolute Gasteiger partial charge is 0.188 e. The van der Waals surface area contributed by atoms with Gasteiger partial charge in [-0.3, -0.25) is 0 Å². The van der Waals surface area contributed by atoms with E-state index in [1.54, 1.807) is 6.08 Å². The van der Waals surface area contributed by atoms with Crippen molar-refractivity contribution >= 4 is 21.6 Å². The second-order valence-corrected chi connectivity index (χ2v) is 6.36. The minimum absolute atomic E-state index is 0.373. The molecule has 0 N–H and O–H groups in total. The Kier molecular flexibility index (Phi) is 1.70. The maximum absolute atomic E-state index is 11.4. The van der Waals surface area contributed by atoms with Crippen molar-refractivity contribution in [1.29, 1.82) is 0 Å². The summed E-state index contributed by atoms with van der Waals surface area (Å²) in [6, 6.07) is 0. The SMILES string of the molecule is CC1=CC2=CC=CS(=O)(=O)C2S1. The van der Waals surface area contributed by atoms with Gasteiger partial charge in [0.2, 0.25) is 0 Å². The zero-order chi connectivity index (χ0) is 8.77. The average Bonchev–Trinajstić information content (AvgIpc) is 2.30. The highest BCUT2D eigenvalue weighted by Crippen LogP contribution is 2.41. The number of fused-ring (bicyclic) bond motifs is 1. The Morgan fingerprint density at radius 2 is 2.25 bits per heavy atom. The fourth-order valence-corrected chi connectivity index (χ4v) is 4.26. The van der Waals surface area contributed by atoms with Crippen molar-refractivity contribution in [3.8, 4) is 0 Å². The molecule has 1 atom stereocenters. The fourth-order valence-electron chi connectivity index (χ4n) is 1.29. The minimum atomic E-state index is -3.03. The van der Waals surface area contributed by atoms with Crippen molar-refractivity contribution in [2.24, 2.45) is 0 Å². The van der Waals surface area contributed by atoms with Gasteiger partial charge in [-0.1, -0.05) is 12.2 Å². The second kappa shape index (κ2) is 2.50.